The molecule has 5 nitrogen and oxygen atoms in total. The lowest BCUT2D eigenvalue weighted by Gasteiger charge is -2.21. The molecule has 0 saturated carbocycles. The highest BCUT2D eigenvalue weighted by Crippen LogP contribution is 2.13. The van der Waals surface area contributed by atoms with Crippen molar-refractivity contribution in [1.82, 2.24) is 5.32 Å². The minimum absolute atomic E-state index is 0.00877. The lowest BCUT2D eigenvalue weighted by molar-refractivity contribution is -0.124. The van der Waals surface area contributed by atoms with Crippen LogP contribution in [-0.4, -0.2) is 46.1 Å². The van der Waals surface area contributed by atoms with E-state index in [1.165, 1.54) is 116 Å². The van der Waals surface area contributed by atoms with E-state index in [4.69, 9.17) is 0 Å². The number of carbonyl (C=O) groups is 1. The zero-order valence-corrected chi connectivity index (χ0v) is 27.9. The maximum atomic E-state index is 12.3. The van der Waals surface area contributed by atoms with Crippen LogP contribution in [0.2, 0.25) is 0 Å². The molecule has 0 radical (unpaired) electrons. The SMILES string of the molecule is CCCCCCCCCC/C=C\CCCCCCCC(O)CC(=O)NC(CO)C(O)/C=C/CCCCCCCCCC. The molecule has 0 aliphatic heterocycles. The number of rotatable bonds is 32. The third kappa shape index (κ3) is 28.9. The molecule has 0 saturated heterocycles. The minimum atomic E-state index is -0.926. The van der Waals surface area contributed by atoms with Gasteiger partial charge in [0.1, 0.15) is 0 Å². The second-order valence-electron chi connectivity index (χ2n) is 12.5. The van der Waals surface area contributed by atoms with E-state index >= 15 is 0 Å². The summed E-state index contributed by atoms with van der Waals surface area (Å²) in [5, 5.41) is 32.9. The Hall–Kier alpha value is -1.17. The summed E-state index contributed by atoms with van der Waals surface area (Å²) in [4.78, 5) is 12.3. The number of unbranched alkanes of at least 4 members (excludes halogenated alkanes) is 21. The first-order valence-corrected chi connectivity index (χ1v) is 18.1. The molecule has 0 spiro atoms. The quantitative estimate of drug-likeness (QED) is 0.0462. The fourth-order valence-electron chi connectivity index (χ4n) is 5.39. The summed E-state index contributed by atoms with van der Waals surface area (Å²) < 4.78 is 0. The summed E-state index contributed by atoms with van der Waals surface area (Å²) in [6.45, 7) is 4.17. The third-order valence-corrected chi connectivity index (χ3v) is 8.23. The van der Waals surface area contributed by atoms with Crippen LogP contribution in [0.4, 0.5) is 0 Å². The van der Waals surface area contributed by atoms with Gasteiger partial charge in [-0.25, -0.2) is 0 Å². The third-order valence-electron chi connectivity index (χ3n) is 8.23. The topological polar surface area (TPSA) is 89.8 Å². The van der Waals surface area contributed by atoms with E-state index in [2.05, 4.69) is 31.3 Å². The van der Waals surface area contributed by atoms with Crippen LogP contribution in [0.1, 0.15) is 181 Å². The second-order valence-corrected chi connectivity index (χ2v) is 12.5. The Balaban J connectivity index is 3.73. The maximum absolute atomic E-state index is 12.3. The molecule has 0 fully saturated rings. The van der Waals surface area contributed by atoms with Gasteiger partial charge in [0.15, 0.2) is 0 Å². The number of aliphatic hydroxyl groups is 3. The number of aliphatic hydroxyl groups excluding tert-OH is 3. The predicted octanol–water partition coefficient (Wildman–Crippen LogP) is 9.48. The molecule has 1 amide bonds. The highest BCUT2D eigenvalue weighted by Gasteiger charge is 2.20. The van der Waals surface area contributed by atoms with E-state index in [-0.39, 0.29) is 18.9 Å². The van der Waals surface area contributed by atoms with Gasteiger partial charge < -0.3 is 20.6 Å². The van der Waals surface area contributed by atoms with Crippen molar-refractivity contribution in [3.8, 4) is 0 Å². The number of hydrogen-bond donors (Lipinski definition) is 4. The molecule has 4 N–H and O–H groups in total. The molecule has 3 atom stereocenters. The van der Waals surface area contributed by atoms with Crippen LogP contribution in [0.15, 0.2) is 24.3 Å². The Bertz CT molecular complexity index is 621. The summed E-state index contributed by atoms with van der Waals surface area (Å²) in [6.07, 6.45) is 37.3. The number of hydrogen-bond acceptors (Lipinski definition) is 4. The van der Waals surface area contributed by atoms with Gasteiger partial charge in [-0.1, -0.05) is 154 Å². The lowest BCUT2D eigenvalue weighted by atomic mass is 10.0. The van der Waals surface area contributed by atoms with Crippen LogP contribution in [0.25, 0.3) is 0 Å². The van der Waals surface area contributed by atoms with Gasteiger partial charge in [-0.15, -0.1) is 0 Å². The van der Waals surface area contributed by atoms with Crippen molar-refractivity contribution in [3.63, 3.8) is 0 Å². The minimum Gasteiger partial charge on any atom is -0.394 e. The Morgan fingerprint density at radius 3 is 1.45 bits per heavy atom. The molecular weight excluding hydrogens is 522 g/mol. The summed E-state index contributed by atoms with van der Waals surface area (Å²) in [5.74, 6) is -0.323. The van der Waals surface area contributed by atoms with E-state index in [1.807, 2.05) is 6.08 Å². The fourth-order valence-corrected chi connectivity index (χ4v) is 5.39. The average Bonchev–Trinajstić information content (AvgIpc) is 2.98. The molecular formula is C37H71NO4. The molecule has 3 unspecified atom stereocenters. The number of amides is 1. The second kappa shape index (κ2) is 32.7. The highest BCUT2D eigenvalue weighted by atomic mass is 16.3. The van der Waals surface area contributed by atoms with Crippen molar-refractivity contribution in [2.45, 2.75) is 199 Å². The number of carbonyl (C=O) groups excluding carboxylic acids is 1. The summed E-state index contributed by atoms with van der Waals surface area (Å²) in [6, 6.07) is -0.742. The first kappa shape index (κ1) is 40.8. The van der Waals surface area contributed by atoms with Crippen molar-refractivity contribution in [2.24, 2.45) is 0 Å². The Kier molecular flexibility index (Phi) is 31.8. The Morgan fingerprint density at radius 2 is 1.00 bits per heavy atom. The van der Waals surface area contributed by atoms with Crippen LogP contribution in [0.5, 0.6) is 0 Å². The predicted molar refractivity (Wildman–Crippen MR) is 181 cm³/mol. The monoisotopic (exact) mass is 594 g/mol. The van der Waals surface area contributed by atoms with Crippen LogP contribution in [0.3, 0.4) is 0 Å². The van der Waals surface area contributed by atoms with E-state index in [0.717, 1.165) is 38.5 Å². The van der Waals surface area contributed by atoms with Gasteiger partial charge >= 0.3 is 0 Å². The zero-order valence-electron chi connectivity index (χ0n) is 27.9. The molecule has 0 aliphatic carbocycles. The zero-order chi connectivity index (χ0) is 30.9. The normalized spacial score (nSPS) is 14.1. The van der Waals surface area contributed by atoms with Crippen molar-refractivity contribution < 1.29 is 20.1 Å². The van der Waals surface area contributed by atoms with Crippen LogP contribution < -0.4 is 5.32 Å². The van der Waals surface area contributed by atoms with Gasteiger partial charge in [0.2, 0.25) is 5.91 Å². The van der Waals surface area contributed by atoms with Crippen molar-refractivity contribution in [2.75, 3.05) is 6.61 Å². The standard InChI is InChI=1S/C37H71NO4/c1-3-5-7-9-11-13-15-16-17-18-19-20-21-22-24-26-28-30-34(40)32-37(42)38-35(33-39)36(41)31-29-27-25-23-14-12-10-8-6-4-2/h18-19,29,31,34-36,39-41H,3-17,20-28,30,32-33H2,1-2H3,(H,38,42)/b19-18-,31-29+. The summed E-state index contributed by atoms with van der Waals surface area (Å²) in [5.41, 5.74) is 0. The Morgan fingerprint density at radius 1 is 0.595 bits per heavy atom. The molecule has 5 heteroatoms. The molecule has 0 aliphatic rings. The first-order chi connectivity index (χ1) is 20.5. The van der Waals surface area contributed by atoms with Crippen LogP contribution >= 0.6 is 0 Å². The van der Waals surface area contributed by atoms with Crippen molar-refractivity contribution in [3.05, 3.63) is 24.3 Å². The highest BCUT2D eigenvalue weighted by molar-refractivity contribution is 5.76. The summed E-state index contributed by atoms with van der Waals surface area (Å²) in [7, 11) is 0. The van der Waals surface area contributed by atoms with Crippen molar-refractivity contribution in [1.29, 1.82) is 0 Å². The molecule has 42 heavy (non-hydrogen) atoms. The Labute approximate surface area is 261 Å². The van der Waals surface area contributed by atoms with E-state index in [1.54, 1.807) is 6.08 Å². The largest absolute Gasteiger partial charge is 0.394 e. The van der Waals surface area contributed by atoms with Crippen LogP contribution in [0, 0.1) is 0 Å². The summed E-state index contributed by atoms with van der Waals surface area (Å²) >= 11 is 0. The van der Waals surface area contributed by atoms with E-state index in [0.29, 0.717) is 6.42 Å². The number of nitrogens with one attached hydrogen (secondary N) is 1. The molecule has 248 valence electrons. The molecule has 0 heterocycles. The lowest BCUT2D eigenvalue weighted by Crippen LogP contribution is -2.45. The van der Waals surface area contributed by atoms with E-state index in [9.17, 15) is 20.1 Å². The van der Waals surface area contributed by atoms with Gasteiger partial charge in [-0.05, 0) is 44.9 Å². The smallest absolute Gasteiger partial charge is 0.222 e. The fraction of sp³-hybridized carbons (Fsp3) is 0.865. The number of allylic oxidation sites excluding steroid dienone is 3. The van der Waals surface area contributed by atoms with Gasteiger partial charge in [0, 0.05) is 0 Å². The molecule has 0 rings (SSSR count). The van der Waals surface area contributed by atoms with Gasteiger partial charge in [0.25, 0.3) is 0 Å². The molecule has 0 aromatic carbocycles. The first-order valence-electron chi connectivity index (χ1n) is 18.1. The molecule has 0 aromatic rings. The average molecular weight is 594 g/mol. The van der Waals surface area contributed by atoms with Crippen molar-refractivity contribution >= 4 is 5.91 Å². The van der Waals surface area contributed by atoms with Gasteiger partial charge in [-0.2, -0.15) is 0 Å². The van der Waals surface area contributed by atoms with Crippen LogP contribution in [-0.2, 0) is 4.79 Å². The van der Waals surface area contributed by atoms with Gasteiger partial charge in [0.05, 0.1) is 31.3 Å². The van der Waals surface area contributed by atoms with Gasteiger partial charge in [-0.3, -0.25) is 4.79 Å². The maximum Gasteiger partial charge on any atom is 0.222 e. The molecule has 0 bridgehead atoms. The molecule has 0 aromatic heterocycles. The van der Waals surface area contributed by atoms with E-state index < -0.39 is 18.2 Å².